The van der Waals surface area contributed by atoms with E-state index in [1.54, 1.807) is 23.5 Å². The Labute approximate surface area is 110 Å². The van der Waals surface area contributed by atoms with Crippen molar-refractivity contribution in [2.24, 2.45) is 0 Å². The van der Waals surface area contributed by atoms with Gasteiger partial charge in [-0.15, -0.1) is 11.3 Å². The highest BCUT2D eigenvalue weighted by atomic mass is 32.1. The Kier molecular flexibility index (Phi) is 4.33. The summed E-state index contributed by atoms with van der Waals surface area (Å²) >= 11 is 1.69. The lowest BCUT2D eigenvalue weighted by molar-refractivity contribution is 0.409. The maximum absolute atomic E-state index is 13.8. The predicted octanol–water partition coefficient (Wildman–Crippen LogP) is 3.75. The number of methoxy groups -OCH3 is 1. The molecule has 1 aromatic carbocycles. The molecule has 1 heterocycles. The zero-order chi connectivity index (χ0) is 13.0. The van der Waals surface area contributed by atoms with Crippen LogP contribution in [-0.4, -0.2) is 7.11 Å². The third-order valence-electron chi connectivity index (χ3n) is 2.84. The van der Waals surface area contributed by atoms with Crippen molar-refractivity contribution in [3.63, 3.8) is 0 Å². The van der Waals surface area contributed by atoms with Gasteiger partial charge in [0.05, 0.1) is 7.11 Å². The van der Waals surface area contributed by atoms with Crippen molar-refractivity contribution in [3.05, 3.63) is 52.0 Å². The molecule has 0 radical (unpaired) electrons. The number of nitrogens with one attached hydrogen (secondary N) is 1. The van der Waals surface area contributed by atoms with E-state index in [1.807, 2.05) is 18.4 Å². The van der Waals surface area contributed by atoms with Crippen LogP contribution >= 0.6 is 11.3 Å². The van der Waals surface area contributed by atoms with Gasteiger partial charge in [-0.1, -0.05) is 12.1 Å². The first-order valence-electron chi connectivity index (χ1n) is 5.80. The molecule has 0 aliphatic rings. The van der Waals surface area contributed by atoms with E-state index in [-0.39, 0.29) is 11.9 Å². The maximum Gasteiger partial charge on any atom is 0.131 e. The summed E-state index contributed by atoms with van der Waals surface area (Å²) in [7, 11) is 1.53. The number of hydrogen-bond donors (Lipinski definition) is 1. The first-order chi connectivity index (χ1) is 8.70. The molecule has 1 N–H and O–H groups in total. The Bertz CT molecular complexity index is 499. The molecule has 1 unspecified atom stereocenters. The van der Waals surface area contributed by atoms with E-state index in [1.165, 1.54) is 18.1 Å². The van der Waals surface area contributed by atoms with Gasteiger partial charge in [0.25, 0.3) is 0 Å². The van der Waals surface area contributed by atoms with E-state index in [2.05, 4.69) is 11.4 Å². The molecule has 0 bridgehead atoms. The Hall–Kier alpha value is -1.39. The smallest absolute Gasteiger partial charge is 0.131 e. The minimum Gasteiger partial charge on any atom is -0.497 e. The van der Waals surface area contributed by atoms with Crippen LogP contribution < -0.4 is 10.1 Å². The molecule has 2 nitrogen and oxygen atoms in total. The van der Waals surface area contributed by atoms with Crippen molar-refractivity contribution in [2.45, 2.75) is 19.5 Å². The highest BCUT2D eigenvalue weighted by molar-refractivity contribution is 7.09. The zero-order valence-corrected chi connectivity index (χ0v) is 11.3. The van der Waals surface area contributed by atoms with E-state index in [4.69, 9.17) is 4.74 Å². The highest BCUT2D eigenvalue weighted by Gasteiger charge is 2.11. The molecular weight excluding hydrogens is 249 g/mol. The number of rotatable bonds is 5. The molecule has 0 spiro atoms. The van der Waals surface area contributed by atoms with Gasteiger partial charge in [-0.05, 0) is 24.4 Å². The van der Waals surface area contributed by atoms with Crippen LogP contribution in [0.4, 0.5) is 4.39 Å². The topological polar surface area (TPSA) is 21.3 Å². The minimum atomic E-state index is -0.236. The van der Waals surface area contributed by atoms with Crippen molar-refractivity contribution in [1.82, 2.24) is 5.32 Å². The van der Waals surface area contributed by atoms with E-state index < -0.39 is 0 Å². The summed E-state index contributed by atoms with van der Waals surface area (Å²) in [6.07, 6.45) is 0. The third kappa shape index (κ3) is 3.09. The fourth-order valence-corrected chi connectivity index (χ4v) is 2.42. The van der Waals surface area contributed by atoms with Gasteiger partial charge in [0.2, 0.25) is 0 Å². The average Bonchev–Trinajstić information content (AvgIpc) is 2.88. The summed E-state index contributed by atoms with van der Waals surface area (Å²) in [6, 6.07) is 9.01. The minimum absolute atomic E-state index is 0.0296. The monoisotopic (exact) mass is 265 g/mol. The molecular formula is C14H16FNOS. The van der Waals surface area contributed by atoms with Crippen molar-refractivity contribution >= 4 is 11.3 Å². The molecule has 18 heavy (non-hydrogen) atoms. The van der Waals surface area contributed by atoms with Gasteiger partial charge in [-0.2, -0.15) is 0 Å². The number of ether oxygens (including phenoxy) is 1. The lowest BCUT2D eigenvalue weighted by atomic mass is 10.1. The van der Waals surface area contributed by atoms with Crippen LogP contribution in [0.15, 0.2) is 35.7 Å². The molecule has 2 aromatic rings. The largest absolute Gasteiger partial charge is 0.497 e. The molecule has 0 amide bonds. The third-order valence-corrected chi connectivity index (χ3v) is 3.71. The van der Waals surface area contributed by atoms with Crippen LogP contribution in [0.25, 0.3) is 0 Å². The highest BCUT2D eigenvalue weighted by Crippen LogP contribution is 2.22. The fraction of sp³-hybridized carbons (Fsp3) is 0.286. The molecule has 0 saturated carbocycles. The summed E-state index contributed by atoms with van der Waals surface area (Å²) in [4.78, 5) is 1.25. The Balaban J connectivity index is 2.02. The number of benzene rings is 1. The normalized spacial score (nSPS) is 12.4. The van der Waals surface area contributed by atoms with Gasteiger partial charge >= 0.3 is 0 Å². The average molecular weight is 265 g/mol. The number of hydrogen-bond acceptors (Lipinski definition) is 3. The van der Waals surface area contributed by atoms with Gasteiger partial charge < -0.3 is 10.1 Å². The molecule has 2 rings (SSSR count). The van der Waals surface area contributed by atoms with Crippen LogP contribution in [0.3, 0.4) is 0 Å². The quantitative estimate of drug-likeness (QED) is 0.889. The van der Waals surface area contributed by atoms with Crippen LogP contribution in [0.2, 0.25) is 0 Å². The molecule has 0 saturated heterocycles. The Morgan fingerprint density at radius 3 is 2.83 bits per heavy atom. The Morgan fingerprint density at radius 2 is 2.22 bits per heavy atom. The van der Waals surface area contributed by atoms with Crippen molar-refractivity contribution in [1.29, 1.82) is 0 Å². The fourth-order valence-electron chi connectivity index (χ4n) is 1.76. The van der Waals surface area contributed by atoms with Crippen LogP contribution in [0.5, 0.6) is 5.75 Å². The van der Waals surface area contributed by atoms with Crippen LogP contribution in [-0.2, 0) is 6.54 Å². The maximum atomic E-state index is 13.8. The Morgan fingerprint density at radius 1 is 1.39 bits per heavy atom. The molecule has 0 aliphatic heterocycles. The van der Waals surface area contributed by atoms with E-state index in [0.717, 1.165) is 6.54 Å². The first kappa shape index (κ1) is 13.1. The summed E-state index contributed by atoms with van der Waals surface area (Å²) in [5.41, 5.74) is 0.660. The molecule has 0 aliphatic carbocycles. The van der Waals surface area contributed by atoms with E-state index in [9.17, 15) is 4.39 Å². The standard InChI is InChI=1S/C14H16FNOS/c1-10(16-9-12-4-3-7-18-12)13-6-5-11(17-2)8-14(13)15/h3-8,10,16H,9H2,1-2H3. The first-order valence-corrected chi connectivity index (χ1v) is 6.68. The number of thiophene rings is 1. The van der Waals surface area contributed by atoms with Crippen molar-refractivity contribution in [3.8, 4) is 5.75 Å². The molecule has 0 fully saturated rings. The zero-order valence-electron chi connectivity index (χ0n) is 10.4. The van der Waals surface area contributed by atoms with Crippen molar-refractivity contribution < 1.29 is 9.13 Å². The van der Waals surface area contributed by atoms with E-state index >= 15 is 0 Å². The van der Waals surface area contributed by atoms with Crippen LogP contribution in [0, 0.1) is 5.82 Å². The second-order valence-corrected chi connectivity index (χ2v) is 5.10. The molecule has 96 valence electrons. The number of halogens is 1. The molecule has 1 atom stereocenters. The predicted molar refractivity (Wildman–Crippen MR) is 72.5 cm³/mol. The lowest BCUT2D eigenvalue weighted by Gasteiger charge is -2.15. The summed E-state index contributed by atoms with van der Waals surface area (Å²) in [6.45, 7) is 2.71. The van der Waals surface area contributed by atoms with Gasteiger partial charge in [0, 0.05) is 29.1 Å². The molecule has 1 aromatic heterocycles. The van der Waals surface area contributed by atoms with Crippen LogP contribution in [0.1, 0.15) is 23.4 Å². The second-order valence-electron chi connectivity index (χ2n) is 4.07. The summed E-state index contributed by atoms with van der Waals surface area (Å²) < 4.78 is 18.8. The second kappa shape index (κ2) is 5.98. The van der Waals surface area contributed by atoms with Gasteiger partial charge in [-0.3, -0.25) is 0 Å². The van der Waals surface area contributed by atoms with Gasteiger partial charge in [0.15, 0.2) is 0 Å². The summed E-state index contributed by atoms with van der Waals surface area (Å²) in [5, 5.41) is 5.35. The van der Waals surface area contributed by atoms with Gasteiger partial charge in [0.1, 0.15) is 11.6 Å². The summed E-state index contributed by atoms with van der Waals surface area (Å²) in [5.74, 6) is 0.308. The van der Waals surface area contributed by atoms with Gasteiger partial charge in [-0.25, -0.2) is 4.39 Å². The van der Waals surface area contributed by atoms with Crippen molar-refractivity contribution in [2.75, 3.05) is 7.11 Å². The SMILES string of the molecule is COc1ccc(C(C)NCc2cccs2)c(F)c1. The molecule has 4 heteroatoms. The lowest BCUT2D eigenvalue weighted by Crippen LogP contribution is -2.18. The van der Waals surface area contributed by atoms with E-state index in [0.29, 0.717) is 11.3 Å².